The summed E-state index contributed by atoms with van der Waals surface area (Å²) in [6.45, 7) is 5.29. The number of amides is 2. The number of nitrogens with one attached hydrogen (secondary N) is 2. The minimum absolute atomic E-state index is 0.187. The zero-order valence-electron chi connectivity index (χ0n) is 14.7. The number of hydrogen-bond donors (Lipinski definition) is 3. The molecular formula is C18H24N2O5. The molecule has 1 aromatic carbocycles. The molecule has 2 rings (SSSR count). The van der Waals surface area contributed by atoms with Crippen LogP contribution in [0, 0.1) is 0 Å². The summed E-state index contributed by atoms with van der Waals surface area (Å²) >= 11 is 0. The number of carbonyl (C=O) groups excluding carboxylic acids is 2. The second-order valence-corrected chi connectivity index (χ2v) is 7.22. The summed E-state index contributed by atoms with van der Waals surface area (Å²) in [6, 6.07) is 7.22. The lowest BCUT2D eigenvalue weighted by Crippen LogP contribution is -2.39. The molecule has 7 heteroatoms. The molecular weight excluding hydrogens is 324 g/mol. The summed E-state index contributed by atoms with van der Waals surface area (Å²) in [5.41, 5.74) is 0.191. The number of hydrogen-bond acceptors (Lipinski definition) is 4. The average molecular weight is 348 g/mol. The highest BCUT2D eigenvalue weighted by Crippen LogP contribution is 2.48. The molecule has 25 heavy (non-hydrogen) atoms. The summed E-state index contributed by atoms with van der Waals surface area (Å²) in [6.07, 6.45) is 0.623. The van der Waals surface area contributed by atoms with Gasteiger partial charge in [-0.15, -0.1) is 0 Å². The minimum Gasteiger partial charge on any atom is -0.481 e. The molecule has 0 heterocycles. The number of carbonyl (C=O) groups is 3. The molecule has 3 N–H and O–H groups in total. The molecule has 0 saturated heterocycles. The van der Waals surface area contributed by atoms with Gasteiger partial charge in [-0.05, 0) is 44.7 Å². The molecule has 0 bridgehead atoms. The predicted octanol–water partition coefficient (Wildman–Crippen LogP) is 1.94. The highest BCUT2D eigenvalue weighted by molar-refractivity contribution is 5.85. The van der Waals surface area contributed by atoms with Crippen LogP contribution in [0.15, 0.2) is 24.3 Å². The van der Waals surface area contributed by atoms with E-state index < -0.39 is 23.1 Å². The van der Waals surface area contributed by atoms with Crippen LogP contribution in [0.5, 0.6) is 0 Å². The predicted molar refractivity (Wildman–Crippen MR) is 91.1 cm³/mol. The standard InChI is InChI=1S/C18H24N2O5/c1-17(2,3)25-16(24)20-11-14(21)19-10-12-5-4-6-13(9-12)18(7-8-18)15(22)23/h4-6,9H,7-8,10-11H2,1-3H3,(H,19,21)(H,20,24)(H,22,23). The van der Waals surface area contributed by atoms with Crippen molar-refractivity contribution in [3.05, 3.63) is 35.4 Å². The molecule has 0 atom stereocenters. The van der Waals surface area contributed by atoms with E-state index in [-0.39, 0.29) is 19.0 Å². The third kappa shape index (κ3) is 5.20. The second-order valence-electron chi connectivity index (χ2n) is 7.22. The lowest BCUT2D eigenvalue weighted by molar-refractivity contribution is -0.140. The van der Waals surface area contributed by atoms with Gasteiger partial charge in [0.05, 0.1) is 5.41 Å². The van der Waals surface area contributed by atoms with Gasteiger partial charge in [-0.25, -0.2) is 4.79 Å². The van der Waals surface area contributed by atoms with Gasteiger partial charge < -0.3 is 20.5 Å². The van der Waals surface area contributed by atoms with E-state index in [4.69, 9.17) is 4.74 Å². The molecule has 0 aliphatic heterocycles. The normalized spacial score (nSPS) is 15.2. The molecule has 0 radical (unpaired) electrons. The molecule has 7 nitrogen and oxygen atoms in total. The van der Waals surface area contributed by atoms with Gasteiger partial charge in [0.15, 0.2) is 0 Å². The fourth-order valence-corrected chi connectivity index (χ4v) is 2.46. The largest absolute Gasteiger partial charge is 0.481 e. The lowest BCUT2D eigenvalue weighted by atomic mass is 9.94. The van der Waals surface area contributed by atoms with Crippen LogP contribution in [0.4, 0.5) is 4.79 Å². The molecule has 136 valence electrons. The van der Waals surface area contributed by atoms with Crippen LogP contribution in [0.1, 0.15) is 44.7 Å². The molecule has 1 aliphatic carbocycles. The highest BCUT2D eigenvalue weighted by atomic mass is 16.6. The first-order valence-electron chi connectivity index (χ1n) is 8.19. The van der Waals surface area contributed by atoms with Crippen molar-refractivity contribution in [3.8, 4) is 0 Å². The Hall–Kier alpha value is -2.57. The van der Waals surface area contributed by atoms with E-state index in [1.165, 1.54) is 0 Å². The first kappa shape index (κ1) is 18.8. The van der Waals surface area contributed by atoms with Gasteiger partial charge in [-0.1, -0.05) is 24.3 Å². The van der Waals surface area contributed by atoms with E-state index >= 15 is 0 Å². The third-order valence-electron chi connectivity index (χ3n) is 3.92. The first-order valence-corrected chi connectivity index (χ1v) is 8.19. The van der Waals surface area contributed by atoms with Crippen molar-refractivity contribution >= 4 is 18.0 Å². The Bertz CT molecular complexity index is 674. The first-order chi connectivity index (χ1) is 11.6. The highest BCUT2D eigenvalue weighted by Gasteiger charge is 2.51. The monoisotopic (exact) mass is 348 g/mol. The molecule has 0 spiro atoms. The molecule has 1 saturated carbocycles. The van der Waals surface area contributed by atoms with Crippen LogP contribution >= 0.6 is 0 Å². The molecule has 1 aromatic rings. The van der Waals surface area contributed by atoms with Gasteiger partial charge >= 0.3 is 12.1 Å². The van der Waals surface area contributed by atoms with Gasteiger partial charge in [-0.3, -0.25) is 9.59 Å². The SMILES string of the molecule is CC(C)(C)OC(=O)NCC(=O)NCc1cccc(C2(C(=O)O)CC2)c1. The van der Waals surface area contributed by atoms with Crippen LogP contribution in [0.3, 0.4) is 0 Å². The van der Waals surface area contributed by atoms with Crippen molar-refractivity contribution in [2.24, 2.45) is 0 Å². The fourth-order valence-electron chi connectivity index (χ4n) is 2.46. The maximum atomic E-state index is 11.8. The summed E-state index contributed by atoms with van der Waals surface area (Å²) < 4.78 is 5.05. The molecule has 2 amide bonds. The smallest absolute Gasteiger partial charge is 0.408 e. The Morgan fingerprint density at radius 1 is 1.20 bits per heavy atom. The van der Waals surface area contributed by atoms with Crippen molar-refractivity contribution in [2.45, 2.75) is 51.2 Å². The van der Waals surface area contributed by atoms with Crippen molar-refractivity contribution in [1.29, 1.82) is 0 Å². The zero-order chi connectivity index (χ0) is 18.7. The van der Waals surface area contributed by atoms with E-state index in [0.29, 0.717) is 12.8 Å². The van der Waals surface area contributed by atoms with Crippen LogP contribution in [-0.4, -0.2) is 35.2 Å². The number of alkyl carbamates (subject to hydrolysis) is 1. The van der Waals surface area contributed by atoms with Crippen molar-refractivity contribution in [3.63, 3.8) is 0 Å². The van der Waals surface area contributed by atoms with Gasteiger partial charge in [-0.2, -0.15) is 0 Å². The molecule has 1 fully saturated rings. The number of carboxylic acids is 1. The third-order valence-corrected chi connectivity index (χ3v) is 3.92. The van der Waals surface area contributed by atoms with E-state index in [1.54, 1.807) is 32.9 Å². The average Bonchev–Trinajstić information content (AvgIpc) is 3.31. The van der Waals surface area contributed by atoms with E-state index in [0.717, 1.165) is 11.1 Å². The Morgan fingerprint density at radius 3 is 2.44 bits per heavy atom. The molecule has 1 aliphatic rings. The fraction of sp³-hybridized carbons (Fsp3) is 0.500. The van der Waals surface area contributed by atoms with E-state index in [9.17, 15) is 19.5 Å². The van der Waals surface area contributed by atoms with Gasteiger partial charge in [0.2, 0.25) is 5.91 Å². The molecule has 0 unspecified atom stereocenters. The number of ether oxygens (including phenoxy) is 1. The second kappa shape index (κ2) is 7.13. The van der Waals surface area contributed by atoms with Gasteiger partial charge in [0, 0.05) is 6.54 Å². The van der Waals surface area contributed by atoms with Gasteiger partial charge in [0.25, 0.3) is 0 Å². The maximum absolute atomic E-state index is 11.8. The number of carboxylic acid groups (broad SMARTS) is 1. The summed E-state index contributed by atoms with van der Waals surface area (Å²) in [5.74, 6) is -1.16. The summed E-state index contributed by atoms with van der Waals surface area (Å²) in [4.78, 5) is 34.7. The van der Waals surface area contributed by atoms with Crippen molar-refractivity contribution < 1.29 is 24.2 Å². The minimum atomic E-state index is -0.810. The Kier molecular flexibility index (Phi) is 5.35. The number of aliphatic carboxylic acids is 1. The van der Waals surface area contributed by atoms with Crippen LogP contribution in [0.2, 0.25) is 0 Å². The van der Waals surface area contributed by atoms with Crippen LogP contribution in [-0.2, 0) is 26.3 Å². The Morgan fingerprint density at radius 2 is 1.88 bits per heavy atom. The quantitative estimate of drug-likeness (QED) is 0.729. The van der Waals surface area contributed by atoms with E-state index in [2.05, 4.69) is 10.6 Å². The number of benzene rings is 1. The van der Waals surface area contributed by atoms with Crippen LogP contribution < -0.4 is 10.6 Å². The number of rotatable bonds is 6. The lowest BCUT2D eigenvalue weighted by Gasteiger charge is -2.19. The van der Waals surface area contributed by atoms with Crippen molar-refractivity contribution in [1.82, 2.24) is 10.6 Å². The van der Waals surface area contributed by atoms with Crippen LogP contribution in [0.25, 0.3) is 0 Å². The topological polar surface area (TPSA) is 105 Å². The summed E-state index contributed by atoms with van der Waals surface area (Å²) in [7, 11) is 0. The summed E-state index contributed by atoms with van der Waals surface area (Å²) in [5, 5.41) is 14.4. The zero-order valence-corrected chi connectivity index (χ0v) is 14.7. The Balaban J connectivity index is 1.83. The Labute approximate surface area is 146 Å². The van der Waals surface area contributed by atoms with E-state index in [1.807, 2.05) is 12.1 Å². The maximum Gasteiger partial charge on any atom is 0.408 e. The van der Waals surface area contributed by atoms with Gasteiger partial charge in [0.1, 0.15) is 12.1 Å². The van der Waals surface area contributed by atoms with Crippen molar-refractivity contribution in [2.75, 3.05) is 6.54 Å². The molecule has 0 aromatic heterocycles.